The molecule has 0 saturated carbocycles. The van der Waals surface area contributed by atoms with Crippen LogP contribution in [0.2, 0.25) is 0 Å². The third kappa shape index (κ3) is 3.40. The molecular formula is C21H19N7O. The number of amides is 1. The van der Waals surface area contributed by atoms with Crippen molar-refractivity contribution in [2.24, 2.45) is 0 Å². The molecule has 0 radical (unpaired) electrons. The Labute approximate surface area is 167 Å². The molecule has 1 aliphatic heterocycles. The van der Waals surface area contributed by atoms with Crippen LogP contribution in [0.25, 0.3) is 22.2 Å². The van der Waals surface area contributed by atoms with Gasteiger partial charge in [-0.15, -0.1) is 0 Å². The fourth-order valence-electron chi connectivity index (χ4n) is 3.63. The molecule has 1 unspecified atom stereocenters. The van der Waals surface area contributed by atoms with Crippen molar-refractivity contribution in [2.45, 2.75) is 12.5 Å². The highest BCUT2D eigenvalue weighted by atomic mass is 16.2. The lowest BCUT2D eigenvalue weighted by atomic mass is 10.2. The fraction of sp³-hybridized carbons (Fsp3) is 0.190. The lowest BCUT2D eigenvalue weighted by Crippen LogP contribution is -2.37. The first-order valence-electron chi connectivity index (χ1n) is 9.50. The molecule has 1 aromatic carbocycles. The van der Waals surface area contributed by atoms with Gasteiger partial charge >= 0.3 is 0 Å². The molecule has 4 aromatic rings. The highest BCUT2D eigenvalue weighted by Crippen LogP contribution is 2.21. The number of rotatable bonds is 4. The van der Waals surface area contributed by atoms with E-state index in [2.05, 4.69) is 35.4 Å². The number of aromatic amines is 1. The van der Waals surface area contributed by atoms with E-state index < -0.39 is 0 Å². The summed E-state index contributed by atoms with van der Waals surface area (Å²) in [5, 5.41) is 11.0. The third-order valence-electron chi connectivity index (χ3n) is 5.09. The topological polar surface area (TPSA) is 99.7 Å². The van der Waals surface area contributed by atoms with Crippen molar-refractivity contribution >= 4 is 22.8 Å². The summed E-state index contributed by atoms with van der Waals surface area (Å²) in [6.07, 6.45) is 6.11. The fourth-order valence-corrected chi connectivity index (χ4v) is 3.63. The molecule has 3 aromatic heterocycles. The van der Waals surface area contributed by atoms with Crippen LogP contribution in [0, 0.1) is 0 Å². The van der Waals surface area contributed by atoms with Gasteiger partial charge < -0.3 is 10.2 Å². The van der Waals surface area contributed by atoms with Crippen LogP contribution in [-0.4, -0.2) is 50.2 Å². The number of fused-ring (bicyclic) bond motifs is 1. The maximum atomic E-state index is 12.7. The highest BCUT2D eigenvalue weighted by Gasteiger charge is 2.27. The zero-order chi connectivity index (χ0) is 19.6. The van der Waals surface area contributed by atoms with Gasteiger partial charge in [-0.25, -0.2) is 9.97 Å². The van der Waals surface area contributed by atoms with E-state index in [4.69, 9.17) is 0 Å². The lowest BCUT2D eigenvalue weighted by molar-refractivity contribution is 0.0937. The second-order valence-corrected chi connectivity index (χ2v) is 7.01. The molecule has 0 aliphatic carbocycles. The van der Waals surface area contributed by atoms with Gasteiger partial charge in [-0.2, -0.15) is 5.10 Å². The molecule has 8 nitrogen and oxygen atoms in total. The number of carbonyl (C=O) groups is 1. The van der Waals surface area contributed by atoms with E-state index in [0.717, 1.165) is 35.1 Å². The Morgan fingerprint density at radius 3 is 2.97 bits per heavy atom. The molecule has 2 N–H and O–H groups in total. The van der Waals surface area contributed by atoms with E-state index in [-0.39, 0.29) is 11.9 Å². The van der Waals surface area contributed by atoms with Crippen molar-refractivity contribution in [2.75, 3.05) is 18.0 Å². The monoisotopic (exact) mass is 385 g/mol. The van der Waals surface area contributed by atoms with Crippen molar-refractivity contribution in [1.82, 2.24) is 30.5 Å². The molecule has 1 fully saturated rings. The van der Waals surface area contributed by atoms with Crippen LogP contribution in [0.1, 0.15) is 16.9 Å². The zero-order valence-corrected chi connectivity index (χ0v) is 15.6. The van der Waals surface area contributed by atoms with E-state index in [1.165, 1.54) is 0 Å². The van der Waals surface area contributed by atoms with E-state index in [1.807, 2.05) is 42.5 Å². The van der Waals surface area contributed by atoms with E-state index in [9.17, 15) is 4.79 Å². The summed E-state index contributed by atoms with van der Waals surface area (Å²) in [6, 6.07) is 13.4. The Bertz CT molecular complexity index is 1160. The molecule has 29 heavy (non-hydrogen) atoms. The molecule has 4 heterocycles. The number of nitrogens with zero attached hydrogens (tertiary/aromatic N) is 5. The zero-order valence-electron chi connectivity index (χ0n) is 15.6. The average molecular weight is 385 g/mol. The Morgan fingerprint density at radius 2 is 2.07 bits per heavy atom. The molecule has 1 saturated heterocycles. The predicted octanol–water partition coefficient (Wildman–Crippen LogP) is 2.42. The highest BCUT2D eigenvalue weighted by molar-refractivity contribution is 6.04. The number of benzene rings is 1. The number of pyridine rings is 1. The maximum absolute atomic E-state index is 12.7. The lowest BCUT2D eigenvalue weighted by Gasteiger charge is -2.17. The van der Waals surface area contributed by atoms with Crippen molar-refractivity contribution in [1.29, 1.82) is 0 Å². The molecule has 0 bridgehead atoms. The summed E-state index contributed by atoms with van der Waals surface area (Å²) in [7, 11) is 0. The second-order valence-electron chi connectivity index (χ2n) is 7.01. The van der Waals surface area contributed by atoms with E-state index in [0.29, 0.717) is 18.2 Å². The van der Waals surface area contributed by atoms with Crippen LogP contribution < -0.4 is 10.2 Å². The summed E-state index contributed by atoms with van der Waals surface area (Å²) in [5.41, 5.74) is 3.06. The van der Waals surface area contributed by atoms with Gasteiger partial charge in [-0.3, -0.25) is 14.9 Å². The first kappa shape index (κ1) is 17.3. The number of para-hydroxylation sites is 1. The molecule has 1 atom stereocenters. The summed E-state index contributed by atoms with van der Waals surface area (Å²) >= 11 is 0. The number of hydrogen-bond acceptors (Lipinski definition) is 6. The Morgan fingerprint density at radius 1 is 1.14 bits per heavy atom. The number of H-pyrrole nitrogens is 1. The Hall–Kier alpha value is -3.81. The Kier molecular flexibility index (Phi) is 4.36. The van der Waals surface area contributed by atoms with Gasteiger partial charge in [0.05, 0.1) is 11.2 Å². The Balaban J connectivity index is 1.29. The predicted molar refractivity (Wildman–Crippen MR) is 109 cm³/mol. The number of anilines is 1. The van der Waals surface area contributed by atoms with Crippen LogP contribution in [0.5, 0.6) is 0 Å². The van der Waals surface area contributed by atoms with Crippen LogP contribution in [-0.2, 0) is 0 Å². The average Bonchev–Trinajstić information content (AvgIpc) is 3.42. The summed E-state index contributed by atoms with van der Waals surface area (Å²) < 4.78 is 0. The largest absolute Gasteiger partial charge is 0.346 e. The second kappa shape index (κ2) is 7.31. The molecule has 1 aliphatic rings. The van der Waals surface area contributed by atoms with Crippen molar-refractivity contribution in [3.63, 3.8) is 0 Å². The van der Waals surface area contributed by atoms with Crippen LogP contribution in [0.15, 0.2) is 61.1 Å². The van der Waals surface area contributed by atoms with Gasteiger partial charge in [0.15, 0.2) is 5.69 Å². The minimum absolute atomic E-state index is 0.0172. The molecule has 144 valence electrons. The van der Waals surface area contributed by atoms with Crippen LogP contribution >= 0.6 is 0 Å². The number of aromatic nitrogens is 5. The first-order valence-corrected chi connectivity index (χ1v) is 9.50. The van der Waals surface area contributed by atoms with Crippen molar-refractivity contribution < 1.29 is 4.79 Å². The minimum Gasteiger partial charge on any atom is -0.346 e. The van der Waals surface area contributed by atoms with Crippen LogP contribution in [0.3, 0.4) is 0 Å². The minimum atomic E-state index is -0.167. The summed E-state index contributed by atoms with van der Waals surface area (Å²) in [4.78, 5) is 28.0. The van der Waals surface area contributed by atoms with Gasteiger partial charge in [-0.1, -0.05) is 18.2 Å². The molecular weight excluding hydrogens is 366 g/mol. The van der Waals surface area contributed by atoms with Gasteiger partial charge in [0, 0.05) is 48.7 Å². The first-order chi connectivity index (χ1) is 14.3. The van der Waals surface area contributed by atoms with Gasteiger partial charge in [0.25, 0.3) is 5.91 Å². The van der Waals surface area contributed by atoms with E-state index in [1.54, 1.807) is 18.6 Å². The van der Waals surface area contributed by atoms with E-state index >= 15 is 0 Å². The number of carbonyl (C=O) groups excluding carboxylic acids is 1. The van der Waals surface area contributed by atoms with Crippen molar-refractivity contribution in [3.05, 3.63) is 66.7 Å². The third-order valence-corrected chi connectivity index (χ3v) is 5.09. The van der Waals surface area contributed by atoms with Gasteiger partial charge in [-0.05, 0) is 30.7 Å². The quantitative estimate of drug-likeness (QED) is 0.560. The standard InChI is InChI=1S/C21H19N7O/c29-20(19-16-5-1-2-6-18(16)26-27-19)24-15-8-11-28(13-15)21-23-10-7-17(25-21)14-4-3-9-22-12-14/h1-7,9-10,12,15H,8,11,13H2,(H,24,29)(H,26,27). The van der Waals surface area contributed by atoms with Gasteiger partial charge in [0.1, 0.15) is 0 Å². The SMILES string of the molecule is O=C(NC1CCN(c2nccc(-c3cccnc3)n2)C1)c1n[nH]c2ccccc12. The van der Waals surface area contributed by atoms with Crippen LogP contribution in [0.4, 0.5) is 5.95 Å². The maximum Gasteiger partial charge on any atom is 0.272 e. The summed E-state index contributed by atoms with van der Waals surface area (Å²) in [6.45, 7) is 1.44. The smallest absolute Gasteiger partial charge is 0.272 e. The molecule has 0 spiro atoms. The van der Waals surface area contributed by atoms with Crippen molar-refractivity contribution in [3.8, 4) is 11.3 Å². The number of nitrogens with one attached hydrogen (secondary N) is 2. The molecule has 1 amide bonds. The summed E-state index contributed by atoms with van der Waals surface area (Å²) in [5.74, 6) is 0.493. The van der Waals surface area contributed by atoms with Gasteiger partial charge in [0.2, 0.25) is 5.95 Å². The normalized spacial score (nSPS) is 16.3. The molecule has 8 heteroatoms. The number of hydrogen-bond donors (Lipinski definition) is 2. The molecule has 5 rings (SSSR count).